The van der Waals surface area contributed by atoms with Crippen LogP contribution in [0.5, 0.6) is 5.75 Å². The van der Waals surface area contributed by atoms with E-state index in [0.717, 1.165) is 44.3 Å². The Hall–Kier alpha value is -2.38. The number of hydrogen-bond donors (Lipinski definition) is 2. The molecule has 2 heterocycles. The monoisotopic (exact) mass is 427 g/mol. The minimum absolute atomic E-state index is 0.0460. The molecule has 1 aliphatic carbocycles. The third-order valence-corrected chi connectivity index (χ3v) is 7.07. The van der Waals surface area contributed by atoms with Crippen molar-refractivity contribution in [1.29, 1.82) is 0 Å². The van der Waals surface area contributed by atoms with E-state index >= 15 is 0 Å². The van der Waals surface area contributed by atoms with Crippen LogP contribution in [0.1, 0.15) is 47.0 Å². The van der Waals surface area contributed by atoms with E-state index in [2.05, 4.69) is 22.5 Å². The molecule has 7 heteroatoms. The summed E-state index contributed by atoms with van der Waals surface area (Å²) in [4.78, 5) is 29.4. The Morgan fingerprint density at radius 1 is 1.20 bits per heavy atom. The lowest BCUT2D eigenvalue weighted by Gasteiger charge is -2.30. The van der Waals surface area contributed by atoms with Crippen LogP contribution in [0, 0.1) is 5.92 Å². The standard InChI is InChI=1S/C23H29N3O3S/c1-15-7-6-12-26(13-15)14-20(27)25-23-21(16-8-5-11-19(16)30-23)22(28)24-17-9-3-4-10-18(17)29-2/h3-4,9-10,15H,5-8,11-14H2,1-2H3,(H,24,28)(H,25,27)/t15-/m0/s1. The lowest BCUT2D eigenvalue weighted by atomic mass is 10.0. The van der Waals surface area contributed by atoms with Crippen molar-refractivity contribution in [2.24, 2.45) is 5.92 Å². The second-order valence-corrected chi connectivity index (χ2v) is 9.35. The Kier molecular flexibility index (Phi) is 6.39. The predicted molar refractivity (Wildman–Crippen MR) is 121 cm³/mol. The van der Waals surface area contributed by atoms with Gasteiger partial charge in [0.05, 0.1) is 24.9 Å². The Labute approximate surface area is 181 Å². The van der Waals surface area contributed by atoms with Crippen molar-refractivity contribution < 1.29 is 14.3 Å². The fourth-order valence-corrected chi connectivity index (χ4v) is 5.77. The van der Waals surface area contributed by atoms with Crippen LogP contribution < -0.4 is 15.4 Å². The number of benzene rings is 1. The van der Waals surface area contributed by atoms with Gasteiger partial charge in [-0.3, -0.25) is 14.5 Å². The third kappa shape index (κ3) is 4.52. The number of carbonyl (C=O) groups excluding carboxylic acids is 2. The molecule has 6 nitrogen and oxygen atoms in total. The molecular formula is C23H29N3O3S. The fraction of sp³-hybridized carbons (Fsp3) is 0.478. The molecule has 1 fully saturated rings. The summed E-state index contributed by atoms with van der Waals surface area (Å²) in [6.07, 6.45) is 5.25. The molecule has 0 radical (unpaired) electrons. The van der Waals surface area contributed by atoms with Crippen molar-refractivity contribution >= 4 is 33.8 Å². The number of nitrogens with zero attached hydrogens (tertiary/aromatic N) is 1. The molecule has 0 saturated carbocycles. The fourth-order valence-electron chi connectivity index (χ4n) is 4.46. The van der Waals surface area contributed by atoms with Crippen molar-refractivity contribution in [2.75, 3.05) is 37.4 Å². The number of thiophene rings is 1. The van der Waals surface area contributed by atoms with Crippen molar-refractivity contribution in [3.05, 3.63) is 40.3 Å². The SMILES string of the molecule is COc1ccccc1NC(=O)c1c(NC(=O)CN2CCC[C@H](C)C2)sc2c1CCC2. The first-order chi connectivity index (χ1) is 14.5. The molecular weight excluding hydrogens is 398 g/mol. The number of carbonyl (C=O) groups is 2. The molecule has 1 atom stereocenters. The van der Waals surface area contributed by atoms with Gasteiger partial charge in [0.1, 0.15) is 10.8 Å². The van der Waals surface area contributed by atoms with Crippen LogP contribution in [-0.4, -0.2) is 43.5 Å². The highest BCUT2D eigenvalue weighted by atomic mass is 32.1. The first kappa shape index (κ1) is 20.9. The molecule has 160 valence electrons. The van der Waals surface area contributed by atoms with Gasteiger partial charge in [-0.2, -0.15) is 0 Å². The van der Waals surface area contributed by atoms with Crippen molar-refractivity contribution in [3.8, 4) is 5.75 Å². The van der Waals surface area contributed by atoms with Crippen LogP contribution in [0.2, 0.25) is 0 Å². The smallest absolute Gasteiger partial charge is 0.259 e. The average molecular weight is 428 g/mol. The van der Waals surface area contributed by atoms with E-state index in [1.54, 1.807) is 18.4 Å². The largest absolute Gasteiger partial charge is 0.495 e. The summed E-state index contributed by atoms with van der Waals surface area (Å²) in [5.74, 6) is 0.998. The zero-order valence-corrected chi connectivity index (χ0v) is 18.4. The van der Waals surface area contributed by atoms with Crippen LogP contribution in [0.15, 0.2) is 24.3 Å². The quantitative estimate of drug-likeness (QED) is 0.726. The maximum atomic E-state index is 13.2. The van der Waals surface area contributed by atoms with Gasteiger partial charge in [0.2, 0.25) is 5.91 Å². The van der Waals surface area contributed by atoms with E-state index in [0.29, 0.717) is 34.5 Å². The number of hydrogen-bond acceptors (Lipinski definition) is 5. The molecule has 2 aromatic rings. The van der Waals surface area contributed by atoms with E-state index in [4.69, 9.17) is 4.74 Å². The number of fused-ring (bicyclic) bond motifs is 1. The van der Waals surface area contributed by atoms with E-state index in [-0.39, 0.29) is 11.8 Å². The van der Waals surface area contributed by atoms with Crippen molar-refractivity contribution in [3.63, 3.8) is 0 Å². The number of methoxy groups -OCH3 is 1. The molecule has 1 aliphatic heterocycles. The molecule has 0 unspecified atom stereocenters. The molecule has 30 heavy (non-hydrogen) atoms. The van der Waals surface area contributed by atoms with Gasteiger partial charge in [-0.15, -0.1) is 11.3 Å². The number of likely N-dealkylation sites (tertiary alicyclic amines) is 1. The number of para-hydroxylation sites is 2. The molecule has 1 aromatic heterocycles. The van der Waals surface area contributed by atoms with Crippen molar-refractivity contribution in [1.82, 2.24) is 4.90 Å². The van der Waals surface area contributed by atoms with E-state index in [1.807, 2.05) is 24.3 Å². The lowest BCUT2D eigenvalue weighted by molar-refractivity contribution is -0.117. The maximum Gasteiger partial charge on any atom is 0.259 e. The van der Waals surface area contributed by atoms with Gasteiger partial charge in [-0.1, -0.05) is 19.1 Å². The number of nitrogens with one attached hydrogen (secondary N) is 2. The lowest BCUT2D eigenvalue weighted by Crippen LogP contribution is -2.39. The zero-order valence-electron chi connectivity index (χ0n) is 17.6. The molecule has 1 aromatic carbocycles. The molecule has 4 rings (SSSR count). The first-order valence-electron chi connectivity index (χ1n) is 10.7. The Morgan fingerprint density at radius 2 is 2.03 bits per heavy atom. The zero-order chi connectivity index (χ0) is 21.1. The minimum Gasteiger partial charge on any atom is -0.495 e. The molecule has 2 aliphatic rings. The van der Waals surface area contributed by atoms with Gasteiger partial charge < -0.3 is 15.4 Å². The van der Waals surface area contributed by atoms with Gasteiger partial charge >= 0.3 is 0 Å². The molecule has 0 bridgehead atoms. The van der Waals surface area contributed by atoms with Gasteiger partial charge in [-0.25, -0.2) is 0 Å². The van der Waals surface area contributed by atoms with E-state index in [9.17, 15) is 9.59 Å². The average Bonchev–Trinajstić information content (AvgIpc) is 3.29. The topological polar surface area (TPSA) is 70.7 Å². The highest BCUT2D eigenvalue weighted by Gasteiger charge is 2.28. The molecule has 1 saturated heterocycles. The Morgan fingerprint density at radius 3 is 2.83 bits per heavy atom. The van der Waals surface area contributed by atoms with Crippen LogP contribution >= 0.6 is 11.3 Å². The first-order valence-corrected chi connectivity index (χ1v) is 11.5. The number of piperidine rings is 1. The van der Waals surface area contributed by atoms with Gasteiger partial charge in [0.15, 0.2) is 0 Å². The normalized spacial score (nSPS) is 18.7. The highest BCUT2D eigenvalue weighted by molar-refractivity contribution is 7.17. The Bertz CT molecular complexity index is 940. The molecule has 2 amide bonds. The van der Waals surface area contributed by atoms with Crippen LogP contribution in [0.25, 0.3) is 0 Å². The Balaban J connectivity index is 1.52. The van der Waals surface area contributed by atoms with E-state index in [1.165, 1.54) is 11.3 Å². The minimum atomic E-state index is -0.194. The highest BCUT2D eigenvalue weighted by Crippen LogP contribution is 2.40. The number of ether oxygens (including phenoxy) is 1. The second-order valence-electron chi connectivity index (χ2n) is 8.25. The molecule has 2 N–H and O–H groups in total. The summed E-state index contributed by atoms with van der Waals surface area (Å²) in [6.45, 7) is 4.52. The third-order valence-electron chi connectivity index (χ3n) is 5.86. The van der Waals surface area contributed by atoms with Crippen LogP contribution in [-0.2, 0) is 17.6 Å². The second kappa shape index (κ2) is 9.18. The van der Waals surface area contributed by atoms with Gasteiger partial charge in [0, 0.05) is 11.4 Å². The van der Waals surface area contributed by atoms with Gasteiger partial charge in [0.25, 0.3) is 5.91 Å². The van der Waals surface area contributed by atoms with Gasteiger partial charge in [-0.05, 0) is 62.3 Å². The molecule has 0 spiro atoms. The summed E-state index contributed by atoms with van der Waals surface area (Å²) in [6, 6.07) is 7.36. The number of anilines is 2. The number of amides is 2. The number of rotatable bonds is 6. The van der Waals surface area contributed by atoms with Crippen molar-refractivity contribution in [2.45, 2.75) is 39.0 Å². The number of aryl methyl sites for hydroxylation is 1. The predicted octanol–water partition coefficient (Wildman–Crippen LogP) is 4.17. The summed E-state index contributed by atoms with van der Waals surface area (Å²) in [5.41, 5.74) is 2.32. The van der Waals surface area contributed by atoms with E-state index < -0.39 is 0 Å². The van der Waals surface area contributed by atoms with Crippen LogP contribution in [0.3, 0.4) is 0 Å². The summed E-state index contributed by atoms with van der Waals surface area (Å²) in [7, 11) is 1.58. The summed E-state index contributed by atoms with van der Waals surface area (Å²) < 4.78 is 5.36. The summed E-state index contributed by atoms with van der Waals surface area (Å²) >= 11 is 1.55. The summed E-state index contributed by atoms with van der Waals surface area (Å²) in [5, 5.41) is 6.69. The van der Waals surface area contributed by atoms with Crippen LogP contribution in [0.4, 0.5) is 10.7 Å². The maximum absolute atomic E-state index is 13.2.